The second-order valence-electron chi connectivity index (χ2n) is 4.49. The molecule has 0 unspecified atom stereocenters. The molecule has 0 heterocycles. The summed E-state index contributed by atoms with van der Waals surface area (Å²) in [6.45, 7) is 0. The number of rotatable bonds is 5. The van der Waals surface area contributed by atoms with Gasteiger partial charge in [0.05, 0.1) is 6.42 Å². The van der Waals surface area contributed by atoms with E-state index in [9.17, 15) is 9.18 Å². The molecule has 2 rings (SSSR count). The molecule has 2 aromatic carbocycles. The fraction of sp³-hybridized carbons (Fsp3) is 0.188. The Balaban J connectivity index is 1.92. The number of amides is 1. The first-order chi connectivity index (χ1) is 9.67. The zero-order chi connectivity index (χ0) is 14.4. The van der Waals surface area contributed by atoms with Crippen LogP contribution < -0.4 is 5.32 Å². The molecule has 2 aromatic rings. The molecule has 0 aromatic heterocycles. The highest BCUT2D eigenvalue weighted by Gasteiger charge is 2.04. The van der Waals surface area contributed by atoms with E-state index in [-0.39, 0.29) is 18.1 Å². The first-order valence-electron chi connectivity index (χ1n) is 6.36. The van der Waals surface area contributed by atoms with Gasteiger partial charge < -0.3 is 5.32 Å². The van der Waals surface area contributed by atoms with Crippen molar-refractivity contribution in [2.24, 2.45) is 0 Å². The lowest BCUT2D eigenvalue weighted by molar-refractivity contribution is -0.115. The second-order valence-corrected chi connectivity index (χ2v) is 4.87. The summed E-state index contributed by atoms with van der Waals surface area (Å²) in [5, 5.41) is 2.81. The van der Waals surface area contributed by atoms with Crippen molar-refractivity contribution < 1.29 is 9.18 Å². The smallest absolute Gasteiger partial charge is 0.228 e. The molecule has 0 aliphatic carbocycles. The van der Waals surface area contributed by atoms with Gasteiger partial charge in [0.1, 0.15) is 5.82 Å². The van der Waals surface area contributed by atoms with E-state index in [1.165, 1.54) is 12.1 Å². The number of aryl methyl sites for hydroxylation is 1. The molecule has 1 N–H and O–H groups in total. The van der Waals surface area contributed by atoms with Gasteiger partial charge in [-0.25, -0.2) is 4.39 Å². The second kappa shape index (κ2) is 7.06. The van der Waals surface area contributed by atoms with Crippen LogP contribution in [0.1, 0.15) is 11.1 Å². The number of nitrogens with one attached hydrogen (secondary N) is 1. The Morgan fingerprint density at radius 3 is 2.20 bits per heavy atom. The van der Waals surface area contributed by atoms with Gasteiger partial charge in [0, 0.05) is 11.6 Å². The van der Waals surface area contributed by atoms with Crippen LogP contribution in [0, 0.1) is 5.82 Å². The van der Waals surface area contributed by atoms with E-state index < -0.39 is 0 Å². The van der Waals surface area contributed by atoms with Crippen LogP contribution in [-0.4, -0.2) is 11.8 Å². The fourth-order valence-corrected chi connectivity index (χ4v) is 2.07. The third-order valence-electron chi connectivity index (χ3n) is 2.90. The van der Waals surface area contributed by atoms with Crippen LogP contribution in [0.15, 0.2) is 48.5 Å². The van der Waals surface area contributed by atoms with Crippen LogP contribution in [0.2, 0.25) is 0 Å². The lowest BCUT2D eigenvalue weighted by Crippen LogP contribution is -2.14. The third-order valence-corrected chi connectivity index (χ3v) is 3.09. The Bertz CT molecular complexity index is 566. The number of carbonyl (C=O) groups is 1. The molecular weight excluding hydrogens is 277 g/mol. The molecule has 104 valence electrons. The highest BCUT2D eigenvalue weighted by atomic mass is 35.5. The summed E-state index contributed by atoms with van der Waals surface area (Å²) in [5.41, 5.74) is 2.66. The first kappa shape index (κ1) is 14.5. The summed E-state index contributed by atoms with van der Waals surface area (Å²) < 4.78 is 12.8. The van der Waals surface area contributed by atoms with E-state index >= 15 is 0 Å². The van der Waals surface area contributed by atoms with E-state index in [0.717, 1.165) is 23.2 Å². The monoisotopic (exact) mass is 291 g/mol. The summed E-state index contributed by atoms with van der Waals surface area (Å²) in [4.78, 5) is 11.9. The lowest BCUT2D eigenvalue weighted by atomic mass is 10.1. The summed E-state index contributed by atoms with van der Waals surface area (Å²) in [7, 11) is 0. The van der Waals surface area contributed by atoms with Gasteiger partial charge in [-0.3, -0.25) is 4.79 Å². The standard InChI is InChI=1S/C16H15ClFNO/c17-10-9-12-3-7-15(8-4-12)19-16(20)11-13-1-5-14(18)6-2-13/h1-8H,9-11H2,(H,19,20). The molecule has 0 aliphatic rings. The van der Waals surface area contributed by atoms with Crippen molar-refractivity contribution in [1.29, 1.82) is 0 Å². The van der Waals surface area contributed by atoms with Gasteiger partial charge in [0.15, 0.2) is 0 Å². The molecule has 0 bridgehead atoms. The Kier molecular flexibility index (Phi) is 5.13. The molecular formula is C16H15ClFNO. The Morgan fingerprint density at radius 1 is 1.00 bits per heavy atom. The number of alkyl halides is 1. The van der Waals surface area contributed by atoms with Crippen LogP contribution in [0.25, 0.3) is 0 Å². The number of hydrogen-bond acceptors (Lipinski definition) is 1. The number of hydrogen-bond donors (Lipinski definition) is 1. The minimum atomic E-state index is -0.302. The van der Waals surface area contributed by atoms with E-state index in [1.807, 2.05) is 24.3 Å². The van der Waals surface area contributed by atoms with Crippen molar-refractivity contribution in [1.82, 2.24) is 0 Å². The largest absolute Gasteiger partial charge is 0.326 e. The molecule has 0 spiro atoms. The zero-order valence-corrected chi connectivity index (χ0v) is 11.7. The molecule has 20 heavy (non-hydrogen) atoms. The maximum absolute atomic E-state index is 12.8. The van der Waals surface area contributed by atoms with Crippen LogP contribution >= 0.6 is 11.6 Å². The summed E-state index contributed by atoms with van der Waals surface area (Å²) in [5.74, 6) is 0.154. The minimum absolute atomic E-state index is 0.123. The van der Waals surface area contributed by atoms with Crippen LogP contribution in [0.5, 0.6) is 0 Å². The van der Waals surface area contributed by atoms with Crippen LogP contribution in [-0.2, 0) is 17.6 Å². The minimum Gasteiger partial charge on any atom is -0.326 e. The zero-order valence-electron chi connectivity index (χ0n) is 10.9. The average molecular weight is 292 g/mol. The predicted octanol–water partition coefficient (Wildman–Crippen LogP) is 3.79. The third kappa shape index (κ3) is 4.35. The van der Waals surface area contributed by atoms with Gasteiger partial charge in [-0.05, 0) is 41.8 Å². The predicted molar refractivity (Wildman–Crippen MR) is 79.6 cm³/mol. The first-order valence-corrected chi connectivity index (χ1v) is 6.90. The van der Waals surface area contributed by atoms with Crippen molar-refractivity contribution in [3.8, 4) is 0 Å². The van der Waals surface area contributed by atoms with Gasteiger partial charge in [-0.2, -0.15) is 0 Å². The topological polar surface area (TPSA) is 29.1 Å². The molecule has 0 atom stereocenters. The maximum atomic E-state index is 12.8. The molecule has 1 amide bonds. The normalized spacial score (nSPS) is 10.3. The Hall–Kier alpha value is -1.87. The van der Waals surface area contributed by atoms with Crippen molar-refractivity contribution in [3.63, 3.8) is 0 Å². The molecule has 0 saturated heterocycles. The van der Waals surface area contributed by atoms with E-state index in [1.54, 1.807) is 12.1 Å². The highest BCUT2D eigenvalue weighted by molar-refractivity contribution is 6.17. The Labute approximate surface area is 122 Å². The molecule has 0 aliphatic heterocycles. The van der Waals surface area contributed by atoms with Gasteiger partial charge in [-0.15, -0.1) is 11.6 Å². The number of benzene rings is 2. The van der Waals surface area contributed by atoms with Crippen molar-refractivity contribution in [2.75, 3.05) is 11.2 Å². The number of anilines is 1. The summed E-state index contributed by atoms with van der Waals surface area (Å²) >= 11 is 5.67. The molecule has 4 heteroatoms. The molecule has 0 radical (unpaired) electrons. The van der Waals surface area contributed by atoms with E-state index in [4.69, 9.17) is 11.6 Å². The molecule has 0 saturated carbocycles. The fourth-order valence-electron chi connectivity index (χ4n) is 1.86. The van der Waals surface area contributed by atoms with Crippen molar-refractivity contribution in [2.45, 2.75) is 12.8 Å². The van der Waals surface area contributed by atoms with Crippen LogP contribution in [0.3, 0.4) is 0 Å². The summed E-state index contributed by atoms with van der Waals surface area (Å²) in [6.07, 6.45) is 1.04. The maximum Gasteiger partial charge on any atom is 0.228 e. The Morgan fingerprint density at radius 2 is 1.60 bits per heavy atom. The quantitative estimate of drug-likeness (QED) is 0.835. The average Bonchev–Trinajstić information content (AvgIpc) is 2.44. The van der Waals surface area contributed by atoms with E-state index in [0.29, 0.717) is 5.88 Å². The number of carbonyl (C=O) groups excluding carboxylic acids is 1. The van der Waals surface area contributed by atoms with Crippen molar-refractivity contribution in [3.05, 3.63) is 65.5 Å². The number of halogens is 2. The molecule has 0 fully saturated rings. The van der Waals surface area contributed by atoms with Crippen molar-refractivity contribution >= 4 is 23.2 Å². The molecule has 2 nitrogen and oxygen atoms in total. The van der Waals surface area contributed by atoms with Gasteiger partial charge in [-0.1, -0.05) is 24.3 Å². The SMILES string of the molecule is O=C(Cc1ccc(F)cc1)Nc1ccc(CCCl)cc1. The summed E-state index contributed by atoms with van der Waals surface area (Å²) in [6, 6.07) is 13.5. The van der Waals surface area contributed by atoms with Gasteiger partial charge in [0.25, 0.3) is 0 Å². The van der Waals surface area contributed by atoms with Crippen LogP contribution in [0.4, 0.5) is 10.1 Å². The van der Waals surface area contributed by atoms with Gasteiger partial charge >= 0.3 is 0 Å². The van der Waals surface area contributed by atoms with E-state index in [2.05, 4.69) is 5.32 Å². The highest BCUT2D eigenvalue weighted by Crippen LogP contribution is 2.11. The lowest BCUT2D eigenvalue weighted by Gasteiger charge is -2.06. The van der Waals surface area contributed by atoms with Gasteiger partial charge in [0.2, 0.25) is 5.91 Å².